The van der Waals surface area contributed by atoms with Gasteiger partial charge in [0.15, 0.2) is 0 Å². The van der Waals surface area contributed by atoms with Crippen molar-refractivity contribution in [3.63, 3.8) is 0 Å². The molecule has 0 bridgehead atoms. The van der Waals surface area contributed by atoms with Gasteiger partial charge in [0.25, 0.3) is 0 Å². The highest BCUT2D eigenvalue weighted by Crippen LogP contribution is 2.10. The highest BCUT2D eigenvalue weighted by atomic mass is 16.5. The Hall–Kier alpha value is -0.570. The average molecular weight is 173 g/mol. The highest BCUT2D eigenvalue weighted by Gasteiger charge is 2.19. The van der Waals surface area contributed by atoms with Crippen molar-refractivity contribution in [1.82, 2.24) is 5.32 Å². The van der Waals surface area contributed by atoms with Crippen LogP contribution in [0.3, 0.4) is 0 Å². The zero-order valence-electron chi connectivity index (χ0n) is 8.60. The van der Waals surface area contributed by atoms with Gasteiger partial charge in [0.1, 0.15) is 6.10 Å². The number of rotatable bonds is 3. The van der Waals surface area contributed by atoms with Gasteiger partial charge in [0.2, 0.25) is 5.91 Å². The Bertz CT molecular complexity index is 149. The van der Waals surface area contributed by atoms with Crippen LogP contribution in [-0.2, 0) is 9.53 Å². The third-order valence-corrected chi connectivity index (χ3v) is 1.25. The fraction of sp³-hybridized carbons (Fsp3) is 0.889. The van der Waals surface area contributed by atoms with Crippen molar-refractivity contribution < 1.29 is 9.53 Å². The maximum atomic E-state index is 11.2. The molecular formula is C9H19NO2. The first-order valence-corrected chi connectivity index (χ1v) is 4.32. The van der Waals surface area contributed by atoms with E-state index in [0.717, 1.165) is 0 Å². The molecule has 0 aromatic rings. The van der Waals surface area contributed by atoms with Crippen LogP contribution in [0.1, 0.15) is 34.6 Å². The number of hydrogen-bond acceptors (Lipinski definition) is 2. The summed E-state index contributed by atoms with van der Waals surface area (Å²) in [7, 11) is 0. The molecule has 3 nitrogen and oxygen atoms in total. The molecule has 12 heavy (non-hydrogen) atoms. The van der Waals surface area contributed by atoms with Gasteiger partial charge in [-0.3, -0.25) is 4.79 Å². The van der Waals surface area contributed by atoms with Gasteiger partial charge in [-0.15, -0.1) is 0 Å². The van der Waals surface area contributed by atoms with Gasteiger partial charge in [-0.2, -0.15) is 0 Å². The van der Waals surface area contributed by atoms with E-state index in [-0.39, 0.29) is 17.6 Å². The molecule has 0 aromatic heterocycles. The molecule has 1 unspecified atom stereocenters. The molecule has 0 rings (SSSR count). The lowest BCUT2D eigenvalue weighted by Gasteiger charge is -2.24. The molecule has 0 aliphatic heterocycles. The molecule has 3 heteroatoms. The summed E-state index contributed by atoms with van der Waals surface area (Å²) in [5, 5.41) is 2.70. The maximum Gasteiger partial charge on any atom is 0.248 e. The Balaban J connectivity index is 3.87. The second-order valence-electron chi connectivity index (χ2n) is 3.77. The summed E-state index contributed by atoms with van der Waals surface area (Å²) < 4.78 is 5.44. The van der Waals surface area contributed by atoms with Crippen LogP contribution in [0.15, 0.2) is 0 Å². The van der Waals surface area contributed by atoms with Crippen molar-refractivity contribution >= 4 is 5.91 Å². The van der Waals surface area contributed by atoms with Crippen molar-refractivity contribution in [2.45, 2.75) is 46.3 Å². The number of carbonyl (C=O) groups is 1. The number of hydrogen-bond donors (Lipinski definition) is 1. The van der Waals surface area contributed by atoms with Crippen molar-refractivity contribution in [2.75, 3.05) is 6.54 Å². The number of nitrogens with one attached hydrogen (secondary N) is 1. The van der Waals surface area contributed by atoms with Crippen LogP contribution in [-0.4, -0.2) is 24.2 Å². The van der Waals surface area contributed by atoms with Gasteiger partial charge in [0, 0.05) is 6.54 Å². The Morgan fingerprint density at radius 2 is 2.00 bits per heavy atom. The van der Waals surface area contributed by atoms with Crippen molar-refractivity contribution in [3.05, 3.63) is 0 Å². The topological polar surface area (TPSA) is 38.3 Å². The molecule has 0 saturated heterocycles. The number of likely N-dealkylation sites (N-methyl/N-ethyl adjacent to an activating group) is 1. The standard InChI is InChI=1S/C9H19NO2/c1-6-10-8(11)7(2)12-9(3,4)5/h7H,6H2,1-5H3,(H,10,11). The third kappa shape index (κ3) is 5.13. The summed E-state index contributed by atoms with van der Waals surface area (Å²) in [6.07, 6.45) is -0.370. The van der Waals surface area contributed by atoms with E-state index in [1.807, 2.05) is 27.7 Å². The lowest BCUT2D eigenvalue weighted by Crippen LogP contribution is -2.38. The van der Waals surface area contributed by atoms with Crippen LogP contribution >= 0.6 is 0 Å². The first-order valence-electron chi connectivity index (χ1n) is 4.32. The minimum atomic E-state index is -0.370. The summed E-state index contributed by atoms with van der Waals surface area (Å²) >= 11 is 0. The van der Waals surface area contributed by atoms with E-state index in [2.05, 4.69) is 5.32 Å². The third-order valence-electron chi connectivity index (χ3n) is 1.25. The van der Waals surface area contributed by atoms with E-state index in [0.29, 0.717) is 6.54 Å². The Kier molecular flexibility index (Phi) is 4.24. The molecule has 0 spiro atoms. The van der Waals surface area contributed by atoms with Gasteiger partial charge in [-0.25, -0.2) is 0 Å². The van der Waals surface area contributed by atoms with Crippen molar-refractivity contribution in [3.8, 4) is 0 Å². The zero-order chi connectivity index (χ0) is 9.78. The van der Waals surface area contributed by atoms with Crippen LogP contribution in [0.5, 0.6) is 0 Å². The first-order chi connectivity index (χ1) is 5.37. The summed E-state index contributed by atoms with van der Waals surface area (Å²) in [6.45, 7) is 10.1. The smallest absolute Gasteiger partial charge is 0.248 e. The first kappa shape index (κ1) is 11.4. The molecule has 0 aromatic carbocycles. The van der Waals surface area contributed by atoms with Crippen LogP contribution in [0.25, 0.3) is 0 Å². The fourth-order valence-electron chi connectivity index (χ4n) is 0.902. The molecule has 0 aliphatic rings. The normalized spacial score (nSPS) is 14.1. The summed E-state index contributed by atoms with van der Waals surface area (Å²) in [5.74, 6) is -0.0487. The molecule has 72 valence electrons. The minimum absolute atomic E-state index is 0.0487. The largest absolute Gasteiger partial charge is 0.363 e. The fourth-order valence-corrected chi connectivity index (χ4v) is 0.902. The Morgan fingerprint density at radius 1 is 1.50 bits per heavy atom. The molecule has 0 radical (unpaired) electrons. The predicted molar refractivity (Wildman–Crippen MR) is 49.0 cm³/mol. The van der Waals surface area contributed by atoms with Crippen molar-refractivity contribution in [1.29, 1.82) is 0 Å². The molecular weight excluding hydrogens is 154 g/mol. The van der Waals surface area contributed by atoms with E-state index < -0.39 is 0 Å². The lowest BCUT2D eigenvalue weighted by molar-refractivity contribution is -0.140. The predicted octanol–water partition coefficient (Wildman–Crippen LogP) is 1.33. The van der Waals surface area contributed by atoms with Crippen LogP contribution in [0, 0.1) is 0 Å². The maximum absolute atomic E-state index is 11.2. The molecule has 0 saturated carbocycles. The van der Waals surface area contributed by atoms with Gasteiger partial charge >= 0.3 is 0 Å². The average Bonchev–Trinajstić information content (AvgIpc) is 1.84. The monoisotopic (exact) mass is 173 g/mol. The van der Waals surface area contributed by atoms with E-state index in [1.54, 1.807) is 6.92 Å². The van der Waals surface area contributed by atoms with Gasteiger partial charge in [-0.1, -0.05) is 0 Å². The van der Waals surface area contributed by atoms with Gasteiger partial charge < -0.3 is 10.1 Å². The minimum Gasteiger partial charge on any atom is -0.363 e. The van der Waals surface area contributed by atoms with Crippen LogP contribution in [0.4, 0.5) is 0 Å². The lowest BCUT2D eigenvalue weighted by atomic mass is 10.2. The Morgan fingerprint density at radius 3 is 2.33 bits per heavy atom. The Labute approximate surface area is 74.5 Å². The van der Waals surface area contributed by atoms with E-state index in [4.69, 9.17) is 4.74 Å². The molecule has 1 atom stereocenters. The van der Waals surface area contributed by atoms with Crippen LogP contribution < -0.4 is 5.32 Å². The van der Waals surface area contributed by atoms with Gasteiger partial charge in [-0.05, 0) is 34.6 Å². The molecule has 0 fully saturated rings. The van der Waals surface area contributed by atoms with Gasteiger partial charge in [0.05, 0.1) is 5.60 Å². The summed E-state index contributed by atoms with van der Waals surface area (Å²) in [5.41, 5.74) is -0.259. The van der Waals surface area contributed by atoms with E-state index >= 15 is 0 Å². The quantitative estimate of drug-likeness (QED) is 0.699. The number of ether oxygens (including phenoxy) is 1. The number of carbonyl (C=O) groups excluding carboxylic acids is 1. The van der Waals surface area contributed by atoms with E-state index in [9.17, 15) is 4.79 Å². The van der Waals surface area contributed by atoms with E-state index in [1.165, 1.54) is 0 Å². The summed E-state index contributed by atoms with van der Waals surface area (Å²) in [4.78, 5) is 11.2. The summed E-state index contributed by atoms with van der Waals surface area (Å²) in [6, 6.07) is 0. The van der Waals surface area contributed by atoms with Crippen LogP contribution in [0.2, 0.25) is 0 Å². The van der Waals surface area contributed by atoms with Crippen molar-refractivity contribution in [2.24, 2.45) is 0 Å². The second kappa shape index (κ2) is 4.45. The molecule has 0 heterocycles. The SMILES string of the molecule is CCNC(=O)C(C)OC(C)(C)C. The second-order valence-corrected chi connectivity index (χ2v) is 3.77. The molecule has 1 amide bonds. The zero-order valence-corrected chi connectivity index (χ0v) is 8.60. The highest BCUT2D eigenvalue weighted by molar-refractivity contribution is 5.80. The number of amides is 1. The molecule has 0 aliphatic carbocycles. The molecule has 1 N–H and O–H groups in total.